The molecule has 0 aromatic heterocycles. The Morgan fingerprint density at radius 1 is 1.47 bits per heavy atom. The van der Waals surface area contributed by atoms with Crippen LogP contribution in [0.4, 0.5) is 0 Å². The predicted octanol–water partition coefficient (Wildman–Crippen LogP) is 1.65. The molecule has 5 nitrogen and oxygen atoms in total. The molecule has 110 valence electrons. The van der Waals surface area contributed by atoms with Crippen molar-refractivity contribution in [3.63, 3.8) is 0 Å². The zero-order valence-electron chi connectivity index (χ0n) is 11.8. The average molecular weight is 272 g/mol. The highest BCUT2D eigenvalue weighted by molar-refractivity contribution is 5.69. The number of aliphatic hydroxyl groups excluding tert-OH is 1. The van der Waals surface area contributed by atoms with E-state index in [-0.39, 0.29) is 31.0 Å². The largest absolute Gasteiger partial charge is 0.461 e. The molecule has 0 spiro atoms. The van der Waals surface area contributed by atoms with Gasteiger partial charge in [0, 0.05) is 11.8 Å². The van der Waals surface area contributed by atoms with Crippen LogP contribution in [0.15, 0.2) is 12.7 Å². The van der Waals surface area contributed by atoms with Gasteiger partial charge >= 0.3 is 5.97 Å². The molecule has 5 heteroatoms. The molecule has 0 radical (unpaired) electrons. The summed E-state index contributed by atoms with van der Waals surface area (Å²) in [6, 6.07) is 0. The van der Waals surface area contributed by atoms with E-state index in [0.717, 1.165) is 6.42 Å². The number of aliphatic hydroxyl groups is 1. The minimum atomic E-state index is -0.777. The smallest absolute Gasteiger partial charge is 0.306 e. The van der Waals surface area contributed by atoms with Gasteiger partial charge in [0.2, 0.25) is 0 Å². The highest BCUT2D eigenvalue weighted by Gasteiger charge is 2.41. The summed E-state index contributed by atoms with van der Waals surface area (Å²) in [5.41, 5.74) is -0.317. The van der Waals surface area contributed by atoms with Crippen molar-refractivity contribution in [2.45, 2.75) is 38.9 Å². The van der Waals surface area contributed by atoms with Gasteiger partial charge in [-0.05, 0) is 13.3 Å². The molecule has 1 N–H and O–H groups in total. The van der Waals surface area contributed by atoms with Crippen LogP contribution in [0.2, 0.25) is 0 Å². The lowest BCUT2D eigenvalue weighted by atomic mass is 9.87. The molecule has 0 saturated carbocycles. The van der Waals surface area contributed by atoms with E-state index in [1.165, 1.54) is 6.08 Å². The number of hydrogen-bond acceptors (Lipinski definition) is 5. The van der Waals surface area contributed by atoms with Crippen molar-refractivity contribution < 1.29 is 24.1 Å². The summed E-state index contributed by atoms with van der Waals surface area (Å²) >= 11 is 0. The van der Waals surface area contributed by atoms with Crippen molar-refractivity contribution in [3.05, 3.63) is 12.7 Å². The summed E-state index contributed by atoms with van der Waals surface area (Å²) in [4.78, 5) is 11.4. The van der Waals surface area contributed by atoms with Gasteiger partial charge in [0.25, 0.3) is 0 Å². The second-order valence-corrected chi connectivity index (χ2v) is 5.19. The SMILES string of the molecule is C=CCOC(=O)CCC1(C)OCC(CC)(CO)CO1. The summed E-state index contributed by atoms with van der Waals surface area (Å²) < 4.78 is 16.3. The highest BCUT2D eigenvalue weighted by Crippen LogP contribution is 2.34. The van der Waals surface area contributed by atoms with Crippen LogP contribution in [0.3, 0.4) is 0 Å². The normalized spacial score (nSPS) is 30.9. The number of carbonyl (C=O) groups excluding carboxylic acids is 1. The van der Waals surface area contributed by atoms with Crippen molar-refractivity contribution >= 4 is 5.97 Å². The van der Waals surface area contributed by atoms with E-state index in [4.69, 9.17) is 14.2 Å². The highest BCUT2D eigenvalue weighted by atomic mass is 16.7. The maximum atomic E-state index is 11.4. The summed E-state index contributed by atoms with van der Waals surface area (Å²) in [5, 5.41) is 9.38. The fourth-order valence-corrected chi connectivity index (χ4v) is 1.80. The van der Waals surface area contributed by atoms with Crippen LogP contribution in [0.1, 0.15) is 33.1 Å². The van der Waals surface area contributed by atoms with Gasteiger partial charge in [0.05, 0.1) is 26.2 Å². The fraction of sp³-hybridized carbons (Fsp3) is 0.786. The van der Waals surface area contributed by atoms with Crippen LogP contribution in [0.25, 0.3) is 0 Å². The quantitative estimate of drug-likeness (QED) is 0.564. The monoisotopic (exact) mass is 272 g/mol. The summed E-state index contributed by atoms with van der Waals surface area (Å²) in [6.45, 7) is 8.44. The molecule has 1 heterocycles. The minimum Gasteiger partial charge on any atom is -0.461 e. The molecular formula is C14H24O5. The van der Waals surface area contributed by atoms with Crippen molar-refractivity contribution in [2.75, 3.05) is 26.4 Å². The molecule has 0 bridgehead atoms. The lowest BCUT2D eigenvalue weighted by molar-refractivity contribution is -0.302. The van der Waals surface area contributed by atoms with Crippen LogP contribution in [0, 0.1) is 5.41 Å². The average Bonchev–Trinajstić information content (AvgIpc) is 2.44. The zero-order chi connectivity index (χ0) is 14.4. The second kappa shape index (κ2) is 7.03. The summed E-state index contributed by atoms with van der Waals surface area (Å²) in [6.07, 6.45) is 3.00. The number of ether oxygens (including phenoxy) is 3. The van der Waals surface area contributed by atoms with Gasteiger partial charge in [-0.1, -0.05) is 19.6 Å². The molecule has 0 amide bonds. The first-order chi connectivity index (χ1) is 8.99. The topological polar surface area (TPSA) is 65.0 Å². The third-order valence-corrected chi connectivity index (χ3v) is 3.60. The fourth-order valence-electron chi connectivity index (χ4n) is 1.80. The van der Waals surface area contributed by atoms with Crippen molar-refractivity contribution in [1.29, 1.82) is 0 Å². The van der Waals surface area contributed by atoms with Gasteiger partial charge in [-0.15, -0.1) is 0 Å². The standard InChI is InChI=1S/C14H24O5/c1-4-8-17-12(16)6-7-13(3)18-10-14(5-2,9-15)11-19-13/h4,15H,1,5-11H2,2-3H3. The molecular weight excluding hydrogens is 248 g/mol. The molecule has 0 aliphatic carbocycles. The van der Waals surface area contributed by atoms with Gasteiger partial charge in [-0.3, -0.25) is 4.79 Å². The predicted molar refractivity (Wildman–Crippen MR) is 70.5 cm³/mol. The molecule has 0 aromatic rings. The third kappa shape index (κ3) is 4.60. The van der Waals surface area contributed by atoms with Crippen molar-refractivity contribution in [3.8, 4) is 0 Å². The zero-order valence-corrected chi connectivity index (χ0v) is 11.8. The van der Waals surface area contributed by atoms with E-state index >= 15 is 0 Å². The van der Waals surface area contributed by atoms with Crippen LogP contribution in [-0.2, 0) is 19.0 Å². The molecule has 1 saturated heterocycles. The van der Waals surface area contributed by atoms with Crippen LogP contribution < -0.4 is 0 Å². The summed E-state index contributed by atoms with van der Waals surface area (Å²) in [5.74, 6) is -1.07. The maximum absolute atomic E-state index is 11.4. The Morgan fingerprint density at radius 2 is 2.11 bits per heavy atom. The molecule has 1 aliphatic rings. The number of rotatable bonds is 7. The number of hydrogen-bond donors (Lipinski definition) is 1. The van der Waals surface area contributed by atoms with E-state index in [9.17, 15) is 9.90 Å². The van der Waals surface area contributed by atoms with Gasteiger partial charge < -0.3 is 19.3 Å². The Hall–Kier alpha value is -0.910. The first-order valence-corrected chi connectivity index (χ1v) is 6.64. The Morgan fingerprint density at radius 3 is 2.58 bits per heavy atom. The van der Waals surface area contributed by atoms with Gasteiger partial charge in [-0.2, -0.15) is 0 Å². The minimum absolute atomic E-state index is 0.0426. The van der Waals surface area contributed by atoms with E-state index < -0.39 is 5.79 Å². The maximum Gasteiger partial charge on any atom is 0.306 e. The Labute approximate surface area is 114 Å². The van der Waals surface area contributed by atoms with E-state index in [1.54, 1.807) is 0 Å². The van der Waals surface area contributed by atoms with Crippen molar-refractivity contribution in [1.82, 2.24) is 0 Å². The number of esters is 1. The van der Waals surface area contributed by atoms with E-state index in [2.05, 4.69) is 6.58 Å². The first-order valence-electron chi connectivity index (χ1n) is 6.64. The Kier molecular flexibility index (Phi) is 5.97. The molecule has 0 aromatic carbocycles. The molecule has 1 fully saturated rings. The third-order valence-electron chi connectivity index (χ3n) is 3.60. The van der Waals surface area contributed by atoms with Crippen LogP contribution >= 0.6 is 0 Å². The van der Waals surface area contributed by atoms with Gasteiger partial charge in [-0.25, -0.2) is 0 Å². The van der Waals surface area contributed by atoms with Crippen LogP contribution in [0.5, 0.6) is 0 Å². The van der Waals surface area contributed by atoms with Crippen molar-refractivity contribution in [2.24, 2.45) is 5.41 Å². The number of carbonyl (C=O) groups is 1. The lowest BCUT2D eigenvalue weighted by Crippen LogP contribution is -2.49. The molecule has 1 aliphatic heterocycles. The van der Waals surface area contributed by atoms with Gasteiger partial charge in [0.15, 0.2) is 5.79 Å². The molecule has 1 rings (SSSR count). The van der Waals surface area contributed by atoms with Crippen LogP contribution in [-0.4, -0.2) is 43.3 Å². The molecule has 19 heavy (non-hydrogen) atoms. The first kappa shape index (κ1) is 16.1. The van der Waals surface area contributed by atoms with E-state index in [1.807, 2.05) is 13.8 Å². The second-order valence-electron chi connectivity index (χ2n) is 5.19. The van der Waals surface area contributed by atoms with Gasteiger partial charge in [0.1, 0.15) is 6.61 Å². The Balaban J connectivity index is 2.39. The molecule has 0 unspecified atom stereocenters. The van der Waals surface area contributed by atoms with E-state index in [0.29, 0.717) is 19.6 Å². The summed E-state index contributed by atoms with van der Waals surface area (Å²) in [7, 11) is 0. The Bertz CT molecular complexity index is 299. The molecule has 0 atom stereocenters. The lowest BCUT2D eigenvalue weighted by Gasteiger charge is -2.43.